The van der Waals surface area contributed by atoms with Crippen LogP contribution in [0.2, 0.25) is 0 Å². The Morgan fingerprint density at radius 3 is 2.44 bits per heavy atom. The van der Waals surface area contributed by atoms with Crippen LogP contribution in [0.1, 0.15) is 20.8 Å². The topological polar surface area (TPSA) is 40.3 Å². The van der Waals surface area contributed by atoms with Crippen molar-refractivity contribution in [1.29, 1.82) is 0 Å². The summed E-state index contributed by atoms with van der Waals surface area (Å²) >= 11 is 0. The summed E-state index contributed by atoms with van der Waals surface area (Å²) in [5, 5.41) is 12.1. The zero-order valence-electron chi connectivity index (χ0n) is 12.2. The Labute approximate surface area is 109 Å². The molecule has 0 N–H and O–H groups in total. The predicted molar refractivity (Wildman–Crippen MR) is 73.8 cm³/mol. The van der Waals surface area contributed by atoms with Gasteiger partial charge in [-0.2, -0.15) is 0 Å². The van der Waals surface area contributed by atoms with Gasteiger partial charge in [0.25, 0.3) is 0 Å². The molecule has 2 rings (SSSR count). The second-order valence-corrected chi connectivity index (χ2v) is 4.56. The number of aryl methyl sites for hydroxylation is 1. The lowest BCUT2D eigenvalue weighted by Gasteiger charge is -2.10. The minimum atomic E-state index is 0.120. The highest BCUT2D eigenvalue weighted by molar-refractivity contribution is 5.89. The molecule has 0 spiro atoms. The molecule has 0 radical (unpaired) electrons. The summed E-state index contributed by atoms with van der Waals surface area (Å²) in [6, 6.07) is 7.78. The first-order valence-corrected chi connectivity index (χ1v) is 5.97. The molecule has 0 bridgehead atoms. The second kappa shape index (κ2) is 5.12. The Balaban J connectivity index is 2.14. The summed E-state index contributed by atoms with van der Waals surface area (Å²) < 4.78 is 7.88. The Morgan fingerprint density at radius 2 is 1.89 bits per heavy atom. The smallest absolute Gasteiger partial charge is 0.140 e. The van der Waals surface area contributed by atoms with Crippen molar-refractivity contribution < 1.29 is 1.37 Å². The highest BCUT2D eigenvalue weighted by Crippen LogP contribution is 2.22. The molecule has 0 fully saturated rings. The van der Waals surface area contributed by atoms with Crippen molar-refractivity contribution in [2.75, 3.05) is 7.05 Å². The van der Waals surface area contributed by atoms with Gasteiger partial charge in [-0.15, -0.1) is 10.2 Å². The summed E-state index contributed by atoms with van der Waals surface area (Å²) in [6.45, 7) is 6.00. The van der Waals surface area contributed by atoms with Crippen LogP contribution in [-0.4, -0.2) is 17.8 Å². The molecule has 0 saturated heterocycles. The first-order chi connectivity index (χ1) is 9.00. The van der Waals surface area contributed by atoms with E-state index in [9.17, 15) is 0 Å². The van der Waals surface area contributed by atoms with E-state index in [4.69, 9.17) is 1.37 Å². The molecule has 18 heavy (non-hydrogen) atoms. The zero-order valence-corrected chi connectivity index (χ0v) is 11.2. The average molecular weight is 243 g/mol. The second-order valence-electron chi connectivity index (χ2n) is 4.56. The van der Waals surface area contributed by atoms with E-state index >= 15 is 0 Å². The van der Waals surface area contributed by atoms with Crippen LogP contribution in [-0.2, 0) is 0 Å². The van der Waals surface area contributed by atoms with Crippen LogP contribution >= 0.6 is 0 Å². The van der Waals surface area contributed by atoms with E-state index in [0.29, 0.717) is 6.18 Å². The summed E-state index contributed by atoms with van der Waals surface area (Å²) in [4.78, 5) is 1.74. The van der Waals surface area contributed by atoms with Crippen LogP contribution in [0, 0.1) is 12.8 Å². The van der Waals surface area contributed by atoms with Crippen molar-refractivity contribution in [1.82, 2.24) is 4.90 Å². The minimum Gasteiger partial charge on any atom is -0.338 e. The fourth-order valence-corrected chi connectivity index (χ4v) is 1.79. The quantitative estimate of drug-likeness (QED) is 0.574. The average Bonchev–Trinajstić information content (AvgIpc) is 2.58. The standard InChI is InChI=1S/C14H18N4/c1-10-5-7-13(8-6-10)15-17-16-14-12(3)11(2)9-18(14)4/h5-9,12H,1-4H3/i9D. The van der Waals surface area contributed by atoms with Crippen molar-refractivity contribution in [2.45, 2.75) is 20.8 Å². The third-order valence-electron chi connectivity index (χ3n) is 3.07. The van der Waals surface area contributed by atoms with E-state index in [0.717, 1.165) is 17.1 Å². The number of hydrogen-bond acceptors (Lipinski definition) is 2. The third kappa shape index (κ3) is 2.64. The normalized spacial score (nSPS) is 23.3. The molecule has 0 saturated carbocycles. The highest BCUT2D eigenvalue weighted by atomic mass is 15.4. The lowest BCUT2D eigenvalue weighted by molar-refractivity contribution is 0.675. The van der Waals surface area contributed by atoms with Gasteiger partial charge in [0.05, 0.1) is 7.06 Å². The van der Waals surface area contributed by atoms with Gasteiger partial charge in [0.15, 0.2) is 0 Å². The van der Waals surface area contributed by atoms with Crippen molar-refractivity contribution in [2.24, 2.45) is 21.4 Å². The Kier molecular flexibility index (Phi) is 3.17. The van der Waals surface area contributed by atoms with E-state index in [1.807, 2.05) is 52.1 Å². The molecule has 4 nitrogen and oxygen atoms in total. The predicted octanol–water partition coefficient (Wildman–Crippen LogP) is 3.88. The molecule has 94 valence electrons. The fourth-order valence-electron chi connectivity index (χ4n) is 1.79. The molecule has 1 atom stereocenters. The molecule has 1 unspecified atom stereocenters. The van der Waals surface area contributed by atoms with Crippen molar-refractivity contribution in [3.8, 4) is 0 Å². The third-order valence-corrected chi connectivity index (χ3v) is 3.07. The highest BCUT2D eigenvalue weighted by Gasteiger charge is 2.22. The molecule has 1 aliphatic rings. The molecule has 4 heteroatoms. The summed E-state index contributed by atoms with van der Waals surface area (Å²) in [7, 11) is 1.83. The number of benzene rings is 1. The van der Waals surface area contributed by atoms with Crippen LogP contribution in [0.5, 0.6) is 0 Å². The number of amidine groups is 1. The summed E-state index contributed by atoms with van der Waals surface area (Å²) in [5.41, 5.74) is 2.97. The number of hydrogen-bond donors (Lipinski definition) is 0. The van der Waals surface area contributed by atoms with E-state index in [-0.39, 0.29) is 5.92 Å². The maximum absolute atomic E-state index is 7.88. The molecule has 1 heterocycles. The lowest BCUT2D eigenvalue weighted by atomic mass is 10.1. The van der Waals surface area contributed by atoms with Gasteiger partial charge in [-0.05, 0) is 36.8 Å². The van der Waals surface area contributed by atoms with E-state index < -0.39 is 0 Å². The van der Waals surface area contributed by atoms with Crippen LogP contribution in [0.15, 0.2) is 51.5 Å². The lowest BCUT2D eigenvalue weighted by Crippen LogP contribution is -2.20. The molecule has 0 aliphatic carbocycles. The molecule has 1 aromatic carbocycles. The Hall–Kier alpha value is -1.97. The van der Waals surface area contributed by atoms with Gasteiger partial charge in [-0.3, -0.25) is 0 Å². The van der Waals surface area contributed by atoms with Crippen molar-refractivity contribution in [3.05, 3.63) is 41.6 Å². The van der Waals surface area contributed by atoms with Gasteiger partial charge in [0.1, 0.15) is 5.84 Å². The molecular weight excluding hydrogens is 224 g/mol. The molecule has 1 aromatic rings. The molecule has 1 aliphatic heterocycles. The van der Waals surface area contributed by atoms with Gasteiger partial charge in [0.2, 0.25) is 0 Å². The fraction of sp³-hybridized carbons (Fsp3) is 0.357. The van der Waals surface area contributed by atoms with Crippen LogP contribution in [0.3, 0.4) is 0 Å². The van der Waals surface area contributed by atoms with Crippen LogP contribution in [0.25, 0.3) is 0 Å². The van der Waals surface area contributed by atoms with Crippen molar-refractivity contribution >= 4 is 11.5 Å². The Bertz CT molecular complexity index is 537. The van der Waals surface area contributed by atoms with Gasteiger partial charge >= 0.3 is 0 Å². The molecule has 0 amide bonds. The maximum atomic E-state index is 7.88. The first kappa shape index (κ1) is 11.1. The van der Waals surface area contributed by atoms with E-state index in [1.54, 1.807) is 4.90 Å². The molecule has 0 aromatic heterocycles. The van der Waals surface area contributed by atoms with Gasteiger partial charge in [-0.1, -0.05) is 24.6 Å². The van der Waals surface area contributed by atoms with Gasteiger partial charge in [0, 0.05) is 19.1 Å². The van der Waals surface area contributed by atoms with Gasteiger partial charge in [-0.25, -0.2) is 0 Å². The van der Waals surface area contributed by atoms with Crippen LogP contribution in [0.4, 0.5) is 5.69 Å². The van der Waals surface area contributed by atoms with Crippen LogP contribution < -0.4 is 0 Å². The number of nitrogens with zero attached hydrogens (tertiary/aromatic N) is 4. The van der Waals surface area contributed by atoms with E-state index in [1.165, 1.54) is 5.56 Å². The SMILES string of the molecule is [2H]C1=C(C)C(C)C(=NN=Nc2ccc(C)cc2)N1C. The number of rotatable bonds is 2. The Morgan fingerprint density at radius 1 is 1.22 bits per heavy atom. The van der Waals surface area contributed by atoms with Gasteiger partial charge < -0.3 is 4.90 Å². The summed E-state index contributed by atoms with van der Waals surface area (Å²) in [6.07, 6.45) is 0.497. The van der Waals surface area contributed by atoms with Crippen molar-refractivity contribution in [3.63, 3.8) is 0 Å². The minimum absolute atomic E-state index is 0.120. The summed E-state index contributed by atoms with van der Waals surface area (Å²) in [5.74, 6) is 0.882. The molecular formula is C14H18N4. The first-order valence-electron chi connectivity index (χ1n) is 6.47. The largest absolute Gasteiger partial charge is 0.338 e. The zero-order chi connectivity index (χ0) is 14.0. The monoisotopic (exact) mass is 243 g/mol. The van der Waals surface area contributed by atoms with E-state index in [2.05, 4.69) is 15.4 Å². The maximum Gasteiger partial charge on any atom is 0.140 e.